The maximum atomic E-state index is 13.9. The number of halogens is 1. The molecule has 0 spiro atoms. The van der Waals surface area contributed by atoms with Gasteiger partial charge in [0.15, 0.2) is 5.78 Å². The SMILES string of the molecule is CC(=O)c1ccccc1C1CCCCC1F. The first-order valence-electron chi connectivity index (χ1n) is 5.94. The number of carbonyl (C=O) groups is 1. The molecule has 0 aliphatic heterocycles. The topological polar surface area (TPSA) is 17.1 Å². The van der Waals surface area contributed by atoms with Gasteiger partial charge in [0.2, 0.25) is 0 Å². The molecule has 1 nitrogen and oxygen atoms in total. The zero-order valence-electron chi connectivity index (χ0n) is 9.58. The first-order chi connectivity index (χ1) is 7.70. The molecule has 0 saturated heterocycles. The normalized spacial score (nSPS) is 25.4. The van der Waals surface area contributed by atoms with Crippen molar-refractivity contribution in [2.75, 3.05) is 0 Å². The Kier molecular flexibility index (Phi) is 3.37. The van der Waals surface area contributed by atoms with Gasteiger partial charge in [-0.2, -0.15) is 0 Å². The van der Waals surface area contributed by atoms with Crippen molar-refractivity contribution < 1.29 is 9.18 Å². The average molecular weight is 220 g/mol. The number of benzene rings is 1. The van der Waals surface area contributed by atoms with Crippen molar-refractivity contribution >= 4 is 5.78 Å². The van der Waals surface area contributed by atoms with Crippen LogP contribution in [0.1, 0.15) is 54.4 Å². The molecule has 0 aromatic heterocycles. The Labute approximate surface area is 95.7 Å². The van der Waals surface area contributed by atoms with Crippen molar-refractivity contribution in [3.63, 3.8) is 0 Å². The van der Waals surface area contributed by atoms with Crippen molar-refractivity contribution in [3.05, 3.63) is 35.4 Å². The van der Waals surface area contributed by atoms with E-state index in [1.807, 2.05) is 18.2 Å². The fraction of sp³-hybridized carbons (Fsp3) is 0.500. The van der Waals surface area contributed by atoms with E-state index in [9.17, 15) is 9.18 Å². The third-order valence-electron chi connectivity index (χ3n) is 3.42. The van der Waals surface area contributed by atoms with Gasteiger partial charge in [-0.15, -0.1) is 0 Å². The van der Waals surface area contributed by atoms with Gasteiger partial charge < -0.3 is 0 Å². The van der Waals surface area contributed by atoms with Crippen LogP contribution >= 0.6 is 0 Å². The van der Waals surface area contributed by atoms with Gasteiger partial charge in [-0.05, 0) is 25.3 Å². The molecule has 2 rings (SSSR count). The second-order valence-electron chi connectivity index (χ2n) is 4.55. The lowest BCUT2D eigenvalue weighted by Gasteiger charge is -2.27. The Hall–Kier alpha value is -1.18. The molecule has 1 aliphatic rings. The molecule has 86 valence electrons. The van der Waals surface area contributed by atoms with E-state index in [1.165, 1.54) is 0 Å². The van der Waals surface area contributed by atoms with Crippen LogP contribution in [0, 0.1) is 0 Å². The predicted octanol–water partition coefficient (Wildman–Crippen LogP) is 3.88. The van der Waals surface area contributed by atoms with Crippen LogP contribution in [-0.4, -0.2) is 12.0 Å². The predicted molar refractivity (Wildman–Crippen MR) is 62.6 cm³/mol. The fourth-order valence-electron chi connectivity index (χ4n) is 2.58. The molecule has 0 amide bonds. The molecular formula is C14H17FO. The van der Waals surface area contributed by atoms with Gasteiger partial charge in [0, 0.05) is 11.5 Å². The maximum absolute atomic E-state index is 13.9. The van der Waals surface area contributed by atoms with E-state index in [0.29, 0.717) is 12.0 Å². The highest BCUT2D eigenvalue weighted by Crippen LogP contribution is 2.36. The molecule has 1 fully saturated rings. The number of Topliss-reactive ketones (excluding diaryl/α,β-unsaturated/α-hetero) is 1. The minimum atomic E-state index is -0.783. The van der Waals surface area contributed by atoms with Crippen LogP contribution in [0.5, 0.6) is 0 Å². The lowest BCUT2D eigenvalue weighted by atomic mass is 9.80. The van der Waals surface area contributed by atoms with Gasteiger partial charge in [-0.3, -0.25) is 4.79 Å². The van der Waals surface area contributed by atoms with Gasteiger partial charge in [0.1, 0.15) is 6.17 Å². The Morgan fingerprint density at radius 2 is 1.94 bits per heavy atom. The smallest absolute Gasteiger partial charge is 0.160 e. The summed E-state index contributed by atoms with van der Waals surface area (Å²) in [6.07, 6.45) is 2.76. The molecule has 0 radical (unpaired) electrons. The van der Waals surface area contributed by atoms with E-state index in [4.69, 9.17) is 0 Å². The summed E-state index contributed by atoms with van der Waals surface area (Å²) in [7, 11) is 0. The first-order valence-corrected chi connectivity index (χ1v) is 5.94. The highest BCUT2D eigenvalue weighted by molar-refractivity contribution is 5.95. The van der Waals surface area contributed by atoms with E-state index in [0.717, 1.165) is 24.8 Å². The van der Waals surface area contributed by atoms with Crippen LogP contribution in [0.3, 0.4) is 0 Å². The summed E-state index contributed by atoms with van der Waals surface area (Å²) in [6, 6.07) is 7.44. The Bertz CT molecular complexity index is 386. The molecule has 2 heteroatoms. The van der Waals surface area contributed by atoms with Crippen molar-refractivity contribution in [1.82, 2.24) is 0 Å². The van der Waals surface area contributed by atoms with Gasteiger partial charge >= 0.3 is 0 Å². The van der Waals surface area contributed by atoms with Crippen LogP contribution in [0.15, 0.2) is 24.3 Å². The Morgan fingerprint density at radius 1 is 1.25 bits per heavy atom. The molecule has 2 atom stereocenters. The summed E-state index contributed by atoms with van der Waals surface area (Å²) >= 11 is 0. The van der Waals surface area contributed by atoms with Gasteiger partial charge in [-0.1, -0.05) is 37.1 Å². The number of hydrogen-bond acceptors (Lipinski definition) is 1. The van der Waals surface area contributed by atoms with E-state index in [2.05, 4.69) is 0 Å². The van der Waals surface area contributed by atoms with E-state index >= 15 is 0 Å². The average Bonchev–Trinajstić information content (AvgIpc) is 2.29. The minimum absolute atomic E-state index is 0.0355. The summed E-state index contributed by atoms with van der Waals surface area (Å²) in [4.78, 5) is 11.5. The fourth-order valence-corrected chi connectivity index (χ4v) is 2.58. The molecule has 0 heterocycles. The largest absolute Gasteiger partial charge is 0.295 e. The number of ketones is 1. The Morgan fingerprint density at radius 3 is 2.62 bits per heavy atom. The second-order valence-corrected chi connectivity index (χ2v) is 4.55. The number of alkyl halides is 1. The van der Waals surface area contributed by atoms with E-state index in [-0.39, 0.29) is 11.7 Å². The first kappa shape index (κ1) is 11.3. The number of hydrogen-bond donors (Lipinski definition) is 0. The minimum Gasteiger partial charge on any atom is -0.295 e. The standard InChI is InChI=1S/C14H17FO/c1-10(16)11-6-2-3-7-12(11)13-8-4-5-9-14(13)15/h2-3,6-7,13-14H,4-5,8-9H2,1H3. The Balaban J connectivity index is 2.34. The third kappa shape index (κ3) is 2.16. The molecule has 1 aromatic rings. The molecule has 0 N–H and O–H groups in total. The van der Waals surface area contributed by atoms with Gasteiger partial charge in [0.25, 0.3) is 0 Å². The maximum Gasteiger partial charge on any atom is 0.160 e. The summed E-state index contributed by atoms with van der Waals surface area (Å²) in [6.45, 7) is 1.55. The van der Waals surface area contributed by atoms with Crippen LogP contribution in [0.4, 0.5) is 4.39 Å². The van der Waals surface area contributed by atoms with E-state index < -0.39 is 6.17 Å². The molecule has 1 aliphatic carbocycles. The van der Waals surface area contributed by atoms with Crippen molar-refractivity contribution in [1.29, 1.82) is 0 Å². The number of rotatable bonds is 2. The zero-order valence-corrected chi connectivity index (χ0v) is 9.58. The molecule has 1 saturated carbocycles. The van der Waals surface area contributed by atoms with Crippen LogP contribution in [-0.2, 0) is 0 Å². The third-order valence-corrected chi connectivity index (χ3v) is 3.42. The van der Waals surface area contributed by atoms with Crippen molar-refractivity contribution in [3.8, 4) is 0 Å². The van der Waals surface area contributed by atoms with Crippen LogP contribution in [0.25, 0.3) is 0 Å². The molecule has 2 unspecified atom stereocenters. The number of carbonyl (C=O) groups excluding carboxylic acids is 1. The summed E-state index contributed by atoms with van der Waals surface area (Å²) < 4.78 is 13.9. The van der Waals surface area contributed by atoms with E-state index in [1.54, 1.807) is 13.0 Å². The molecule has 16 heavy (non-hydrogen) atoms. The highest BCUT2D eigenvalue weighted by atomic mass is 19.1. The van der Waals surface area contributed by atoms with Gasteiger partial charge in [0.05, 0.1) is 0 Å². The molecular weight excluding hydrogens is 203 g/mol. The lowest BCUT2D eigenvalue weighted by molar-refractivity contribution is 0.101. The summed E-state index contributed by atoms with van der Waals surface area (Å²) in [5.74, 6) is -0.0396. The van der Waals surface area contributed by atoms with Gasteiger partial charge in [-0.25, -0.2) is 4.39 Å². The van der Waals surface area contributed by atoms with Crippen molar-refractivity contribution in [2.45, 2.75) is 44.7 Å². The summed E-state index contributed by atoms with van der Waals surface area (Å²) in [5, 5.41) is 0. The molecule has 0 bridgehead atoms. The second kappa shape index (κ2) is 4.77. The lowest BCUT2D eigenvalue weighted by Crippen LogP contribution is -2.20. The summed E-state index contributed by atoms with van der Waals surface area (Å²) in [5.41, 5.74) is 1.60. The molecule has 1 aromatic carbocycles. The van der Waals surface area contributed by atoms with Crippen molar-refractivity contribution in [2.24, 2.45) is 0 Å². The quantitative estimate of drug-likeness (QED) is 0.691. The highest BCUT2D eigenvalue weighted by Gasteiger charge is 2.28. The van der Waals surface area contributed by atoms with Crippen LogP contribution in [0.2, 0.25) is 0 Å². The monoisotopic (exact) mass is 220 g/mol. The van der Waals surface area contributed by atoms with Crippen LogP contribution < -0.4 is 0 Å². The zero-order chi connectivity index (χ0) is 11.5.